The molecular formula is C19H18BrF2N5O4. The summed E-state index contributed by atoms with van der Waals surface area (Å²) in [5.74, 6) is -0.0462. The molecule has 0 bridgehead atoms. The quantitative estimate of drug-likeness (QED) is 0.327. The number of nitrogens with one attached hydrogen (secondary N) is 3. The lowest BCUT2D eigenvalue weighted by Gasteiger charge is -2.16. The van der Waals surface area contributed by atoms with Gasteiger partial charge < -0.3 is 10.1 Å². The highest BCUT2D eigenvalue weighted by atomic mass is 79.9. The molecule has 2 aromatic carbocycles. The second-order valence-corrected chi connectivity index (χ2v) is 7.35. The third-order valence-electron chi connectivity index (χ3n) is 4.48. The van der Waals surface area contributed by atoms with E-state index in [9.17, 15) is 23.2 Å². The minimum Gasteiger partial charge on any atom is -0.434 e. The van der Waals surface area contributed by atoms with Crippen molar-refractivity contribution < 1.29 is 23.1 Å². The SMILES string of the molecule is Cn1c(=O)c2ccc(Br)cc2n1Cc1cc(CNC(=O)NNC=O)ccc1OC(F)F. The van der Waals surface area contributed by atoms with Crippen LogP contribution in [0.4, 0.5) is 13.6 Å². The van der Waals surface area contributed by atoms with E-state index in [-0.39, 0.29) is 24.4 Å². The van der Waals surface area contributed by atoms with Gasteiger partial charge in [-0.25, -0.2) is 10.2 Å². The fourth-order valence-electron chi connectivity index (χ4n) is 3.10. The predicted molar refractivity (Wildman–Crippen MR) is 112 cm³/mol. The largest absolute Gasteiger partial charge is 0.434 e. The van der Waals surface area contributed by atoms with E-state index >= 15 is 0 Å². The van der Waals surface area contributed by atoms with Crippen LogP contribution in [0.3, 0.4) is 0 Å². The summed E-state index contributed by atoms with van der Waals surface area (Å²) >= 11 is 3.38. The predicted octanol–water partition coefficient (Wildman–Crippen LogP) is 2.21. The number of alkyl halides is 2. The molecule has 3 amide bonds. The molecule has 31 heavy (non-hydrogen) atoms. The number of hydrazine groups is 1. The number of hydrogen-bond acceptors (Lipinski definition) is 4. The number of ether oxygens (including phenoxy) is 1. The van der Waals surface area contributed by atoms with Crippen molar-refractivity contribution in [1.82, 2.24) is 25.5 Å². The Hall–Kier alpha value is -3.41. The van der Waals surface area contributed by atoms with Gasteiger partial charge in [0.25, 0.3) is 5.56 Å². The van der Waals surface area contributed by atoms with Crippen molar-refractivity contribution in [2.45, 2.75) is 19.7 Å². The fourth-order valence-corrected chi connectivity index (χ4v) is 3.45. The molecule has 0 saturated carbocycles. The molecule has 9 nitrogen and oxygen atoms in total. The van der Waals surface area contributed by atoms with Gasteiger partial charge in [0, 0.05) is 23.6 Å². The number of fused-ring (bicyclic) bond motifs is 1. The molecule has 0 spiro atoms. The normalized spacial score (nSPS) is 10.9. The van der Waals surface area contributed by atoms with Crippen molar-refractivity contribution in [3.8, 4) is 5.75 Å². The first-order valence-corrected chi connectivity index (χ1v) is 9.74. The Bertz CT molecular complexity index is 1180. The first kappa shape index (κ1) is 22.3. The lowest BCUT2D eigenvalue weighted by atomic mass is 10.1. The molecule has 1 aromatic heterocycles. The Labute approximate surface area is 183 Å². The molecule has 164 valence electrons. The molecule has 0 saturated heterocycles. The molecule has 3 aromatic rings. The number of urea groups is 1. The van der Waals surface area contributed by atoms with E-state index < -0.39 is 12.6 Å². The lowest BCUT2D eigenvalue weighted by molar-refractivity contribution is -0.110. The highest BCUT2D eigenvalue weighted by Gasteiger charge is 2.16. The molecule has 3 rings (SSSR count). The molecule has 0 aliphatic rings. The molecule has 3 N–H and O–H groups in total. The summed E-state index contributed by atoms with van der Waals surface area (Å²) in [7, 11) is 1.58. The molecule has 12 heteroatoms. The summed E-state index contributed by atoms with van der Waals surface area (Å²) in [6.07, 6.45) is 0.304. The van der Waals surface area contributed by atoms with Gasteiger partial charge in [-0.05, 0) is 35.9 Å². The minimum absolute atomic E-state index is 0.0462. The smallest absolute Gasteiger partial charge is 0.387 e. The molecule has 0 atom stereocenters. The molecule has 0 fully saturated rings. The Balaban J connectivity index is 1.95. The van der Waals surface area contributed by atoms with Crippen LogP contribution in [0, 0.1) is 0 Å². The highest BCUT2D eigenvalue weighted by Crippen LogP contribution is 2.25. The summed E-state index contributed by atoms with van der Waals surface area (Å²) in [6, 6.07) is 9.04. The van der Waals surface area contributed by atoms with E-state index in [1.807, 2.05) is 5.43 Å². The van der Waals surface area contributed by atoms with Gasteiger partial charge in [0.1, 0.15) is 5.75 Å². The van der Waals surface area contributed by atoms with Crippen molar-refractivity contribution in [2.75, 3.05) is 0 Å². The van der Waals surface area contributed by atoms with E-state index in [4.69, 9.17) is 0 Å². The summed E-state index contributed by atoms with van der Waals surface area (Å²) in [4.78, 5) is 34.3. The maximum Gasteiger partial charge on any atom is 0.387 e. The number of aromatic nitrogens is 2. The first-order chi connectivity index (χ1) is 14.8. The summed E-state index contributed by atoms with van der Waals surface area (Å²) in [5.41, 5.74) is 5.47. The van der Waals surface area contributed by atoms with Gasteiger partial charge in [-0.1, -0.05) is 22.0 Å². The van der Waals surface area contributed by atoms with E-state index in [1.54, 1.807) is 36.0 Å². The van der Waals surface area contributed by atoms with Gasteiger partial charge in [0.15, 0.2) is 0 Å². The number of halogens is 3. The molecule has 0 aliphatic heterocycles. The van der Waals surface area contributed by atoms with E-state index in [0.717, 1.165) is 4.47 Å². The maximum atomic E-state index is 12.9. The molecule has 1 heterocycles. The van der Waals surface area contributed by atoms with Crippen molar-refractivity contribution in [1.29, 1.82) is 0 Å². The summed E-state index contributed by atoms with van der Waals surface area (Å²) < 4.78 is 34.3. The number of rotatable bonds is 8. The lowest BCUT2D eigenvalue weighted by Crippen LogP contribution is -2.43. The van der Waals surface area contributed by atoms with Crippen LogP contribution in [0.5, 0.6) is 5.75 Å². The first-order valence-electron chi connectivity index (χ1n) is 8.95. The summed E-state index contributed by atoms with van der Waals surface area (Å²) in [5, 5.41) is 2.99. The number of benzene rings is 2. The monoisotopic (exact) mass is 497 g/mol. The number of hydrogen-bond donors (Lipinski definition) is 3. The third-order valence-corrected chi connectivity index (χ3v) is 4.98. The van der Waals surface area contributed by atoms with Gasteiger partial charge in [0.05, 0.1) is 17.4 Å². The Kier molecular flexibility index (Phi) is 6.90. The maximum absolute atomic E-state index is 12.9. The average molecular weight is 498 g/mol. The van der Waals surface area contributed by atoms with Crippen LogP contribution in [0.2, 0.25) is 0 Å². The van der Waals surface area contributed by atoms with Crippen LogP contribution < -0.4 is 26.5 Å². The number of carbonyl (C=O) groups excluding carboxylic acids is 2. The molecular weight excluding hydrogens is 480 g/mol. The van der Waals surface area contributed by atoms with Crippen molar-refractivity contribution in [2.24, 2.45) is 7.05 Å². The molecule has 0 aliphatic carbocycles. The fraction of sp³-hybridized carbons (Fsp3) is 0.211. The average Bonchev–Trinajstić information content (AvgIpc) is 2.96. The van der Waals surface area contributed by atoms with Crippen molar-refractivity contribution >= 4 is 39.3 Å². The Morgan fingerprint density at radius 3 is 2.74 bits per heavy atom. The molecule has 0 unspecified atom stereocenters. The van der Waals surface area contributed by atoms with Gasteiger partial charge in [-0.3, -0.25) is 24.4 Å². The number of carbonyl (C=O) groups is 2. The topological polar surface area (TPSA) is 106 Å². The van der Waals surface area contributed by atoms with Crippen LogP contribution in [0.1, 0.15) is 11.1 Å². The van der Waals surface area contributed by atoms with Crippen molar-refractivity contribution in [3.63, 3.8) is 0 Å². The van der Waals surface area contributed by atoms with Crippen LogP contribution in [-0.4, -0.2) is 28.4 Å². The number of amides is 3. The second kappa shape index (κ2) is 9.60. The van der Waals surface area contributed by atoms with Gasteiger partial charge >= 0.3 is 12.6 Å². The van der Waals surface area contributed by atoms with Crippen molar-refractivity contribution in [3.05, 3.63) is 62.4 Å². The zero-order chi connectivity index (χ0) is 22.5. The Morgan fingerprint density at radius 1 is 1.26 bits per heavy atom. The van der Waals surface area contributed by atoms with Crippen LogP contribution in [-0.2, 0) is 24.9 Å². The minimum atomic E-state index is -3.03. The van der Waals surface area contributed by atoms with E-state index in [0.29, 0.717) is 28.4 Å². The highest BCUT2D eigenvalue weighted by molar-refractivity contribution is 9.10. The van der Waals surface area contributed by atoms with Crippen LogP contribution in [0.25, 0.3) is 10.9 Å². The summed E-state index contributed by atoms with van der Waals surface area (Å²) in [6.45, 7) is -2.89. The third kappa shape index (κ3) is 5.20. The van der Waals surface area contributed by atoms with E-state index in [2.05, 4.69) is 31.4 Å². The standard InChI is InChI=1S/C19H18BrF2N5O4/c1-26-17(29)14-4-3-13(20)7-15(14)27(26)9-12-6-11(2-5-16(12)31-18(21)22)8-23-19(30)25-24-10-28/h2-7,10,18H,8-9H2,1H3,(H,24,28)(H2,23,25,30). The second-order valence-electron chi connectivity index (χ2n) is 6.44. The number of nitrogens with zero attached hydrogens (tertiary/aromatic N) is 2. The van der Waals surface area contributed by atoms with Gasteiger partial charge in [0.2, 0.25) is 6.41 Å². The zero-order valence-electron chi connectivity index (χ0n) is 16.2. The van der Waals surface area contributed by atoms with Gasteiger partial charge in [-0.2, -0.15) is 8.78 Å². The Morgan fingerprint density at radius 2 is 2.03 bits per heavy atom. The molecule has 0 radical (unpaired) electrons. The van der Waals surface area contributed by atoms with Gasteiger partial charge in [-0.15, -0.1) is 0 Å². The zero-order valence-corrected chi connectivity index (χ0v) is 17.8. The van der Waals surface area contributed by atoms with Crippen LogP contribution >= 0.6 is 15.9 Å². The van der Waals surface area contributed by atoms with Crippen LogP contribution in [0.15, 0.2) is 45.7 Å². The van der Waals surface area contributed by atoms with E-state index in [1.165, 1.54) is 16.8 Å².